The SMILES string of the molecule is CC(C)c1nnc(C2CC3(CCN(C(=O)c4cccs4)CC3)CN2CC(=O)N2CCOCC2)o1. The van der Waals surface area contributed by atoms with Crippen molar-refractivity contribution in [1.29, 1.82) is 0 Å². The molecule has 3 aliphatic rings. The third-order valence-corrected chi connectivity index (χ3v) is 8.24. The topological polar surface area (TPSA) is 92.0 Å². The Kier molecular flexibility index (Phi) is 6.72. The molecule has 34 heavy (non-hydrogen) atoms. The van der Waals surface area contributed by atoms with Crippen molar-refractivity contribution in [1.82, 2.24) is 24.9 Å². The molecule has 184 valence electrons. The van der Waals surface area contributed by atoms with Gasteiger partial charge in [-0.3, -0.25) is 14.5 Å². The van der Waals surface area contributed by atoms with Crippen molar-refractivity contribution < 1.29 is 18.7 Å². The molecule has 2 aromatic heterocycles. The molecule has 0 saturated carbocycles. The van der Waals surface area contributed by atoms with Gasteiger partial charge < -0.3 is 19.0 Å². The van der Waals surface area contributed by atoms with Gasteiger partial charge in [0.25, 0.3) is 5.91 Å². The minimum atomic E-state index is -0.0791. The highest BCUT2D eigenvalue weighted by Crippen LogP contribution is 2.49. The standard InChI is InChI=1S/C24H33N5O4S/c1-17(2)21-25-26-22(33-21)18-14-24(16-29(18)15-20(30)27-9-11-32-12-10-27)5-7-28(8-6-24)23(31)19-4-3-13-34-19/h3-4,13,17-18H,5-12,14-16H2,1-2H3. The molecule has 2 aromatic rings. The molecule has 0 bridgehead atoms. The summed E-state index contributed by atoms with van der Waals surface area (Å²) >= 11 is 1.49. The quantitative estimate of drug-likeness (QED) is 0.640. The number of hydrogen-bond acceptors (Lipinski definition) is 8. The van der Waals surface area contributed by atoms with Crippen molar-refractivity contribution >= 4 is 23.2 Å². The van der Waals surface area contributed by atoms with E-state index >= 15 is 0 Å². The lowest BCUT2D eigenvalue weighted by Gasteiger charge is -2.39. The summed E-state index contributed by atoms with van der Waals surface area (Å²) in [7, 11) is 0. The number of aromatic nitrogens is 2. The van der Waals surface area contributed by atoms with E-state index < -0.39 is 0 Å². The van der Waals surface area contributed by atoms with E-state index in [0.29, 0.717) is 44.6 Å². The van der Waals surface area contributed by atoms with Crippen molar-refractivity contribution in [3.63, 3.8) is 0 Å². The van der Waals surface area contributed by atoms with Crippen LogP contribution in [0.2, 0.25) is 0 Å². The van der Waals surface area contributed by atoms with Crippen molar-refractivity contribution in [3.8, 4) is 0 Å². The average Bonchev–Trinajstić information content (AvgIpc) is 3.61. The van der Waals surface area contributed by atoms with Crippen LogP contribution in [0.5, 0.6) is 0 Å². The summed E-state index contributed by atoms with van der Waals surface area (Å²) in [4.78, 5) is 32.8. The Bertz CT molecular complexity index is 993. The zero-order valence-electron chi connectivity index (χ0n) is 19.9. The summed E-state index contributed by atoms with van der Waals surface area (Å²) in [5, 5.41) is 10.6. The Labute approximate surface area is 204 Å². The fourth-order valence-electron chi connectivity index (χ4n) is 5.36. The number of piperidine rings is 1. The van der Waals surface area contributed by atoms with Crippen molar-refractivity contribution in [2.75, 3.05) is 52.5 Å². The summed E-state index contributed by atoms with van der Waals surface area (Å²) in [6, 6.07) is 3.73. The summed E-state index contributed by atoms with van der Waals surface area (Å²) in [5.74, 6) is 1.64. The van der Waals surface area contributed by atoms with E-state index in [1.807, 2.05) is 41.2 Å². The van der Waals surface area contributed by atoms with Crippen LogP contribution in [0.3, 0.4) is 0 Å². The van der Waals surface area contributed by atoms with Crippen molar-refractivity contribution in [2.24, 2.45) is 5.41 Å². The molecule has 0 aromatic carbocycles. The summed E-state index contributed by atoms with van der Waals surface area (Å²) in [5.41, 5.74) is 0.0364. The van der Waals surface area contributed by atoms with Crippen molar-refractivity contribution in [2.45, 2.75) is 45.1 Å². The molecular weight excluding hydrogens is 454 g/mol. The van der Waals surface area contributed by atoms with Gasteiger partial charge in [-0.25, -0.2) is 0 Å². The maximum absolute atomic E-state index is 13.1. The smallest absolute Gasteiger partial charge is 0.263 e. The number of amides is 2. The first-order chi connectivity index (χ1) is 16.4. The first-order valence-electron chi connectivity index (χ1n) is 12.2. The van der Waals surface area contributed by atoms with Crippen LogP contribution >= 0.6 is 11.3 Å². The first kappa shape index (κ1) is 23.4. The fourth-order valence-corrected chi connectivity index (χ4v) is 6.05. The summed E-state index contributed by atoms with van der Waals surface area (Å²) in [6.45, 7) is 9.13. The third-order valence-electron chi connectivity index (χ3n) is 7.39. The zero-order chi connectivity index (χ0) is 23.7. The van der Waals surface area contributed by atoms with Gasteiger partial charge in [0.1, 0.15) is 0 Å². The highest BCUT2D eigenvalue weighted by Gasteiger charge is 2.49. The maximum atomic E-state index is 13.1. The van der Waals surface area contributed by atoms with E-state index in [0.717, 1.165) is 43.8 Å². The van der Waals surface area contributed by atoms with Crippen LogP contribution in [0.15, 0.2) is 21.9 Å². The second-order valence-corrected chi connectivity index (χ2v) is 11.0. The first-order valence-corrected chi connectivity index (χ1v) is 13.1. The number of thiophene rings is 1. The van der Waals surface area contributed by atoms with Crippen LogP contribution in [-0.2, 0) is 9.53 Å². The lowest BCUT2D eigenvalue weighted by Crippen LogP contribution is -2.47. The number of rotatable bonds is 5. The van der Waals surface area contributed by atoms with E-state index in [9.17, 15) is 9.59 Å². The molecule has 1 unspecified atom stereocenters. The second-order valence-electron chi connectivity index (χ2n) is 10.0. The Hall–Kier alpha value is -2.30. The van der Waals surface area contributed by atoms with Crippen LogP contribution in [0, 0.1) is 5.41 Å². The van der Waals surface area contributed by atoms with E-state index in [1.165, 1.54) is 11.3 Å². The Morgan fingerprint density at radius 1 is 1.15 bits per heavy atom. The number of ether oxygens (including phenoxy) is 1. The monoisotopic (exact) mass is 487 g/mol. The van der Waals surface area contributed by atoms with Gasteiger partial charge in [-0.1, -0.05) is 19.9 Å². The maximum Gasteiger partial charge on any atom is 0.263 e. The summed E-state index contributed by atoms with van der Waals surface area (Å²) in [6.07, 6.45) is 2.69. The number of likely N-dealkylation sites (tertiary alicyclic amines) is 2. The number of carbonyl (C=O) groups is 2. The molecule has 3 fully saturated rings. The van der Waals surface area contributed by atoms with Gasteiger partial charge in [0.2, 0.25) is 17.7 Å². The molecule has 0 N–H and O–H groups in total. The van der Waals surface area contributed by atoms with E-state index in [4.69, 9.17) is 9.15 Å². The van der Waals surface area contributed by atoms with Crippen LogP contribution < -0.4 is 0 Å². The molecule has 1 atom stereocenters. The van der Waals surface area contributed by atoms with E-state index in [-0.39, 0.29) is 29.2 Å². The molecule has 5 rings (SSSR count). The molecule has 9 nitrogen and oxygen atoms in total. The van der Waals surface area contributed by atoms with Crippen molar-refractivity contribution in [3.05, 3.63) is 34.2 Å². The van der Waals surface area contributed by atoms with Gasteiger partial charge in [-0.15, -0.1) is 21.5 Å². The minimum absolute atomic E-state index is 0.0364. The molecule has 10 heteroatoms. The fraction of sp³-hybridized carbons (Fsp3) is 0.667. The Balaban J connectivity index is 1.31. The van der Waals surface area contributed by atoms with Crippen LogP contribution in [-0.4, -0.2) is 89.2 Å². The largest absolute Gasteiger partial charge is 0.423 e. The van der Waals surface area contributed by atoms with Gasteiger partial charge in [-0.2, -0.15) is 0 Å². The normalized spacial score (nSPS) is 23.2. The van der Waals surface area contributed by atoms with E-state index in [2.05, 4.69) is 15.1 Å². The molecule has 1 spiro atoms. The molecular formula is C24H33N5O4S. The van der Waals surface area contributed by atoms with Gasteiger partial charge in [0.05, 0.1) is 30.7 Å². The Morgan fingerprint density at radius 3 is 2.56 bits per heavy atom. The summed E-state index contributed by atoms with van der Waals surface area (Å²) < 4.78 is 11.5. The number of carbonyl (C=O) groups excluding carboxylic acids is 2. The predicted molar refractivity (Wildman–Crippen MR) is 127 cm³/mol. The predicted octanol–water partition coefficient (Wildman–Crippen LogP) is 2.78. The number of morpholine rings is 1. The van der Waals surface area contributed by atoms with Crippen LogP contribution in [0.25, 0.3) is 0 Å². The van der Waals surface area contributed by atoms with Crippen LogP contribution in [0.1, 0.15) is 66.5 Å². The highest BCUT2D eigenvalue weighted by atomic mass is 32.1. The molecule has 0 aliphatic carbocycles. The zero-order valence-corrected chi connectivity index (χ0v) is 20.8. The number of nitrogens with zero attached hydrogens (tertiary/aromatic N) is 5. The molecule has 3 saturated heterocycles. The molecule has 3 aliphatic heterocycles. The van der Waals surface area contributed by atoms with Gasteiger partial charge in [-0.05, 0) is 36.1 Å². The molecule has 5 heterocycles. The Morgan fingerprint density at radius 2 is 1.91 bits per heavy atom. The van der Waals surface area contributed by atoms with Crippen LogP contribution in [0.4, 0.5) is 0 Å². The number of hydrogen-bond donors (Lipinski definition) is 0. The van der Waals surface area contributed by atoms with E-state index in [1.54, 1.807) is 0 Å². The lowest BCUT2D eigenvalue weighted by atomic mass is 9.76. The second kappa shape index (κ2) is 9.75. The molecule has 0 radical (unpaired) electrons. The molecule has 2 amide bonds. The minimum Gasteiger partial charge on any atom is -0.423 e. The van der Waals surface area contributed by atoms with Gasteiger partial charge in [0, 0.05) is 38.6 Å². The average molecular weight is 488 g/mol. The van der Waals surface area contributed by atoms with Gasteiger partial charge in [0.15, 0.2) is 0 Å². The third kappa shape index (κ3) is 4.76. The lowest BCUT2D eigenvalue weighted by molar-refractivity contribution is -0.136. The van der Waals surface area contributed by atoms with Gasteiger partial charge >= 0.3 is 0 Å². The highest BCUT2D eigenvalue weighted by molar-refractivity contribution is 7.12.